The standard InChI is InChI=1S/C12H15N3/c1-9(2)7-13-8-12-14-10-5-3-4-6-11(10)15-12/h3-6,8-9H,7H2,1-2H3,(H,14,15). The molecule has 0 amide bonds. The molecule has 2 rings (SSSR count). The fraction of sp³-hybridized carbons (Fsp3) is 0.333. The van der Waals surface area contributed by atoms with Gasteiger partial charge in [0, 0.05) is 6.54 Å². The number of aromatic nitrogens is 2. The maximum absolute atomic E-state index is 4.40. The van der Waals surface area contributed by atoms with Crippen molar-refractivity contribution < 1.29 is 0 Å². The highest BCUT2D eigenvalue weighted by molar-refractivity contribution is 5.83. The van der Waals surface area contributed by atoms with Crippen LogP contribution in [0.3, 0.4) is 0 Å². The number of para-hydroxylation sites is 2. The first-order valence-corrected chi connectivity index (χ1v) is 5.20. The van der Waals surface area contributed by atoms with Crippen LogP contribution in [0.25, 0.3) is 11.0 Å². The number of nitrogens with zero attached hydrogens (tertiary/aromatic N) is 2. The largest absolute Gasteiger partial charge is 0.337 e. The minimum atomic E-state index is 0.589. The van der Waals surface area contributed by atoms with Crippen LogP contribution in [0.15, 0.2) is 29.3 Å². The molecule has 3 nitrogen and oxygen atoms in total. The van der Waals surface area contributed by atoms with Crippen molar-refractivity contribution >= 4 is 17.2 Å². The third-order valence-electron chi connectivity index (χ3n) is 2.09. The lowest BCUT2D eigenvalue weighted by Gasteiger charge is -1.95. The number of fused-ring (bicyclic) bond motifs is 1. The van der Waals surface area contributed by atoms with Gasteiger partial charge >= 0.3 is 0 Å². The van der Waals surface area contributed by atoms with E-state index in [1.165, 1.54) is 0 Å². The van der Waals surface area contributed by atoms with E-state index in [9.17, 15) is 0 Å². The summed E-state index contributed by atoms with van der Waals surface area (Å²) in [6.45, 7) is 5.14. The molecule has 0 radical (unpaired) electrons. The summed E-state index contributed by atoms with van der Waals surface area (Å²) in [4.78, 5) is 11.9. The minimum Gasteiger partial charge on any atom is -0.337 e. The number of imidazole rings is 1. The van der Waals surface area contributed by atoms with E-state index in [-0.39, 0.29) is 0 Å². The van der Waals surface area contributed by atoms with Crippen molar-refractivity contribution in [3.8, 4) is 0 Å². The van der Waals surface area contributed by atoms with E-state index in [0.29, 0.717) is 5.92 Å². The van der Waals surface area contributed by atoms with Crippen LogP contribution in [-0.4, -0.2) is 22.7 Å². The molecule has 78 valence electrons. The van der Waals surface area contributed by atoms with Gasteiger partial charge in [-0.2, -0.15) is 0 Å². The highest BCUT2D eigenvalue weighted by Crippen LogP contribution is 2.08. The topological polar surface area (TPSA) is 41.0 Å². The number of hydrogen-bond acceptors (Lipinski definition) is 2. The maximum Gasteiger partial charge on any atom is 0.149 e. The van der Waals surface area contributed by atoms with Crippen LogP contribution >= 0.6 is 0 Å². The normalized spacial score (nSPS) is 11.9. The maximum atomic E-state index is 4.40. The molecule has 2 aromatic rings. The second kappa shape index (κ2) is 4.26. The average molecular weight is 201 g/mol. The van der Waals surface area contributed by atoms with Crippen molar-refractivity contribution in [1.29, 1.82) is 0 Å². The van der Waals surface area contributed by atoms with Gasteiger partial charge in [-0.1, -0.05) is 26.0 Å². The molecule has 1 aromatic heterocycles. The fourth-order valence-electron chi connectivity index (χ4n) is 1.38. The van der Waals surface area contributed by atoms with Crippen LogP contribution in [0, 0.1) is 5.92 Å². The lowest BCUT2D eigenvalue weighted by molar-refractivity contribution is 0.667. The number of aromatic amines is 1. The summed E-state index contributed by atoms with van der Waals surface area (Å²) in [7, 11) is 0. The molecule has 0 unspecified atom stereocenters. The Morgan fingerprint density at radius 3 is 2.93 bits per heavy atom. The quantitative estimate of drug-likeness (QED) is 0.762. The Balaban J connectivity index is 2.18. The van der Waals surface area contributed by atoms with Crippen molar-refractivity contribution in [3.63, 3.8) is 0 Å². The van der Waals surface area contributed by atoms with Gasteiger partial charge in [0.2, 0.25) is 0 Å². The third-order valence-corrected chi connectivity index (χ3v) is 2.09. The SMILES string of the molecule is CC(C)CN=Cc1nc2ccccc2[nH]1. The van der Waals surface area contributed by atoms with Gasteiger partial charge in [0.15, 0.2) is 0 Å². The van der Waals surface area contributed by atoms with Crippen molar-refractivity contribution in [1.82, 2.24) is 9.97 Å². The highest BCUT2D eigenvalue weighted by Gasteiger charge is 1.98. The number of nitrogens with one attached hydrogen (secondary N) is 1. The zero-order valence-electron chi connectivity index (χ0n) is 9.07. The lowest BCUT2D eigenvalue weighted by Crippen LogP contribution is -1.93. The molecule has 1 aromatic carbocycles. The van der Waals surface area contributed by atoms with Crippen LogP contribution in [0.1, 0.15) is 19.7 Å². The van der Waals surface area contributed by atoms with E-state index in [1.54, 1.807) is 6.21 Å². The predicted octanol–water partition coefficient (Wildman–Crippen LogP) is 2.64. The molecule has 0 fully saturated rings. The molecule has 0 saturated carbocycles. The molecule has 1 N–H and O–H groups in total. The molecule has 0 aliphatic carbocycles. The monoisotopic (exact) mass is 201 g/mol. The van der Waals surface area contributed by atoms with E-state index in [4.69, 9.17) is 0 Å². The molecule has 3 heteroatoms. The van der Waals surface area contributed by atoms with Gasteiger partial charge in [-0.05, 0) is 18.1 Å². The summed E-state index contributed by atoms with van der Waals surface area (Å²) < 4.78 is 0. The van der Waals surface area contributed by atoms with Gasteiger partial charge < -0.3 is 4.98 Å². The first-order chi connectivity index (χ1) is 7.25. The third kappa shape index (κ3) is 2.43. The zero-order chi connectivity index (χ0) is 10.7. The average Bonchev–Trinajstić information content (AvgIpc) is 2.59. The smallest absolute Gasteiger partial charge is 0.149 e. The molecular weight excluding hydrogens is 186 g/mol. The van der Waals surface area contributed by atoms with Crippen molar-refractivity contribution in [3.05, 3.63) is 30.1 Å². The van der Waals surface area contributed by atoms with Gasteiger partial charge in [-0.15, -0.1) is 0 Å². The van der Waals surface area contributed by atoms with Crippen LogP contribution in [0.2, 0.25) is 0 Å². The van der Waals surface area contributed by atoms with Gasteiger partial charge in [0.1, 0.15) is 5.82 Å². The number of rotatable bonds is 3. The second-order valence-electron chi connectivity index (χ2n) is 4.03. The Morgan fingerprint density at radius 2 is 2.20 bits per heavy atom. The summed E-state index contributed by atoms with van der Waals surface area (Å²) in [5, 5.41) is 0. The molecule has 0 aliphatic rings. The van der Waals surface area contributed by atoms with E-state index in [2.05, 4.69) is 28.8 Å². The summed E-state index contributed by atoms with van der Waals surface area (Å²) in [6.07, 6.45) is 1.81. The minimum absolute atomic E-state index is 0.589. The fourth-order valence-corrected chi connectivity index (χ4v) is 1.38. The Hall–Kier alpha value is -1.64. The van der Waals surface area contributed by atoms with Gasteiger partial charge in [-0.25, -0.2) is 4.98 Å². The Labute approximate surface area is 89.3 Å². The van der Waals surface area contributed by atoms with Crippen molar-refractivity contribution in [2.45, 2.75) is 13.8 Å². The Bertz CT molecular complexity index is 435. The highest BCUT2D eigenvalue weighted by atomic mass is 14.9. The Morgan fingerprint density at radius 1 is 1.40 bits per heavy atom. The summed E-state index contributed by atoms with van der Waals surface area (Å²) in [5.74, 6) is 1.42. The van der Waals surface area contributed by atoms with Crippen LogP contribution in [-0.2, 0) is 0 Å². The van der Waals surface area contributed by atoms with Crippen LogP contribution < -0.4 is 0 Å². The molecule has 15 heavy (non-hydrogen) atoms. The number of hydrogen-bond donors (Lipinski definition) is 1. The van der Waals surface area contributed by atoms with Gasteiger partial charge in [-0.3, -0.25) is 4.99 Å². The summed E-state index contributed by atoms with van der Waals surface area (Å²) in [5.41, 5.74) is 2.05. The van der Waals surface area contributed by atoms with Crippen LogP contribution in [0.5, 0.6) is 0 Å². The first-order valence-electron chi connectivity index (χ1n) is 5.20. The van der Waals surface area contributed by atoms with E-state index < -0.39 is 0 Å². The molecule has 0 spiro atoms. The molecule has 0 saturated heterocycles. The molecule has 0 atom stereocenters. The number of H-pyrrole nitrogens is 1. The summed E-state index contributed by atoms with van der Waals surface area (Å²) >= 11 is 0. The zero-order valence-corrected chi connectivity index (χ0v) is 9.07. The van der Waals surface area contributed by atoms with E-state index in [0.717, 1.165) is 23.4 Å². The lowest BCUT2D eigenvalue weighted by atomic mass is 10.2. The van der Waals surface area contributed by atoms with Crippen molar-refractivity contribution in [2.24, 2.45) is 10.9 Å². The van der Waals surface area contributed by atoms with E-state index in [1.807, 2.05) is 24.3 Å². The molecule has 0 bridgehead atoms. The van der Waals surface area contributed by atoms with E-state index >= 15 is 0 Å². The molecule has 0 aliphatic heterocycles. The Kier molecular flexibility index (Phi) is 2.81. The first kappa shape index (κ1) is 9.90. The van der Waals surface area contributed by atoms with Crippen molar-refractivity contribution in [2.75, 3.05) is 6.54 Å². The molecule has 1 heterocycles. The summed E-state index contributed by atoms with van der Waals surface area (Å²) in [6, 6.07) is 7.99. The van der Waals surface area contributed by atoms with Gasteiger partial charge in [0.25, 0.3) is 0 Å². The van der Waals surface area contributed by atoms with Crippen LogP contribution in [0.4, 0.5) is 0 Å². The molecular formula is C12H15N3. The second-order valence-corrected chi connectivity index (χ2v) is 4.03. The number of benzene rings is 1. The predicted molar refractivity (Wildman–Crippen MR) is 63.4 cm³/mol. The van der Waals surface area contributed by atoms with Gasteiger partial charge in [0.05, 0.1) is 17.2 Å². The number of aliphatic imine (C=N–C) groups is 1.